The Balaban J connectivity index is 1.36. The number of carbonyl (C=O) groups is 2. The van der Waals surface area contributed by atoms with Crippen LogP contribution < -0.4 is 0 Å². The zero-order valence-corrected chi connectivity index (χ0v) is 22.0. The van der Waals surface area contributed by atoms with Gasteiger partial charge in [0.15, 0.2) is 0 Å². The largest absolute Gasteiger partial charge is 0.469 e. The number of fused-ring (bicyclic) bond motifs is 6. The molecular formula is C28H38N2O4S. The van der Waals surface area contributed by atoms with Crippen LogP contribution in [0.3, 0.4) is 0 Å². The molecular weight excluding hydrogens is 460 g/mol. The number of methoxy groups -OCH3 is 1. The van der Waals surface area contributed by atoms with Crippen molar-refractivity contribution in [2.75, 3.05) is 32.6 Å². The number of aromatic amines is 1. The number of Topliss-reactive ketones (excluding diaryl/α,β-unsaturated/α-hetero) is 1. The van der Waals surface area contributed by atoms with Crippen molar-refractivity contribution >= 4 is 35.3 Å². The molecule has 5 atom stereocenters. The molecule has 1 aromatic carbocycles. The minimum atomic E-state index is -0.473. The maximum Gasteiger partial charge on any atom is 0.311 e. The summed E-state index contributed by atoms with van der Waals surface area (Å²) in [6.45, 7) is 6.44. The number of H-pyrrole nitrogens is 1. The Bertz CT molecular complexity index is 1100. The van der Waals surface area contributed by atoms with E-state index in [-0.39, 0.29) is 35.4 Å². The van der Waals surface area contributed by atoms with Crippen LogP contribution in [0.15, 0.2) is 24.3 Å². The summed E-state index contributed by atoms with van der Waals surface area (Å²) in [5, 5.41) is 1.33. The van der Waals surface area contributed by atoms with E-state index < -0.39 is 5.41 Å². The number of hydrogen-bond donors (Lipinski definition) is 2. The fourth-order valence-corrected chi connectivity index (χ4v) is 7.22. The van der Waals surface area contributed by atoms with Crippen LogP contribution >= 0.6 is 12.6 Å². The first-order valence-corrected chi connectivity index (χ1v) is 13.6. The van der Waals surface area contributed by atoms with Crippen molar-refractivity contribution in [3.05, 3.63) is 35.5 Å². The van der Waals surface area contributed by atoms with Crippen LogP contribution in [0.2, 0.25) is 0 Å². The molecule has 0 bridgehead atoms. The van der Waals surface area contributed by atoms with E-state index in [0.29, 0.717) is 25.0 Å². The number of rotatable bonds is 7. The molecule has 5 rings (SSSR count). The second kappa shape index (κ2) is 9.91. The summed E-state index contributed by atoms with van der Waals surface area (Å²) in [6, 6.07) is 8.87. The zero-order valence-electron chi connectivity index (χ0n) is 21.1. The highest BCUT2D eigenvalue weighted by molar-refractivity contribution is 7.81. The van der Waals surface area contributed by atoms with Gasteiger partial charge < -0.3 is 14.5 Å². The molecule has 3 aliphatic rings. The average molecular weight is 499 g/mol. The molecule has 1 saturated carbocycles. The SMILES string of the molecule is COC(=O)C1C(OCCC(C)(C)C(=O)CS)CCC2CN3CCc4c([nH]c5ccccc45)C3CC21. The van der Waals surface area contributed by atoms with Gasteiger partial charge in [0, 0.05) is 47.5 Å². The van der Waals surface area contributed by atoms with Gasteiger partial charge in [0.1, 0.15) is 5.78 Å². The molecule has 2 aromatic rings. The van der Waals surface area contributed by atoms with Gasteiger partial charge in [-0.3, -0.25) is 14.5 Å². The molecule has 2 aliphatic heterocycles. The molecule has 0 radical (unpaired) electrons. The Morgan fingerprint density at radius 3 is 2.80 bits per heavy atom. The number of benzene rings is 1. The second-order valence-electron chi connectivity index (χ2n) is 11.2. The molecule has 6 nitrogen and oxygen atoms in total. The van der Waals surface area contributed by atoms with Gasteiger partial charge in [0.05, 0.1) is 25.2 Å². The lowest BCUT2D eigenvalue weighted by Gasteiger charge is -2.51. The lowest BCUT2D eigenvalue weighted by atomic mass is 9.64. The smallest absolute Gasteiger partial charge is 0.311 e. The molecule has 1 saturated heterocycles. The van der Waals surface area contributed by atoms with Crippen molar-refractivity contribution < 1.29 is 19.1 Å². The fourth-order valence-electron chi connectivity index (χ4n) is 6.79. The predicted molar refractivity (Wildman–Crippen MR) is 140 cm³/mol. The minimum absolute atomic E-state index is 0.122. The molecule has 1 aromatic heterocycles. The number of aromatic nitrogens is 1. The number of nitrogens with zero attached hydrogens (tertiary/aromatic N) is 1. The third-order valence-electron chi connectivity index (χ3n) is 8.95. The number of hydrogen-bond acceptors (Lipinski definition) is 6. The molecule has 190 valence electrons. The van der Waals surface area contributed by atoms with Crippen LogP contribution in [0, 0.1) is 23.2 Å². The van der Waals surface area contributed by atoms with Crippen molar-refractivity contribution in [2.24, 2.45) is 23.2 Å². The minimum Gasteiger partial charge on any atom is -0.469 e. The Morgan fingerprint density at radius 1 is 1.23 bits per heavy atom. The van der Waals surface area contributed by atoms with Gasteiger partial charge in [0.2, 0.25) is 0 Å². The third kappa shape index (κ3) is 4.56. The van der Waals surface area contributed by atoms with Gasteiger partial charge in [-0.25, -0.2) is 0 Å². The molecule has 5 unspecified atom stereocenters. The lowest BCUT2D eigenvalue weighted by molar-refractivity contribution is -0.165. The van der Waals surface area contributed by atoms with Crippen molar-refractivity contribution in [2.45, 2.75) is 58.1 Å². The number of ketones is 1. The number of esters is 1. The Morgan fingerprint density at radius 2 is 2.03 bits per heavy atom. The standard InChI is InChI=1S/C28H38N2O4S/c1-28(2,24(31)16-35)11-13-34-23-9-8-17-15-30-12-10-19-18-6-4-5-7-21(18)29-26(19)22(30)14-20(17)25(23)27(32)33-3/h4-7,17,20,22-23,25,29,35H,8-16H2,1-3H3. The summed E-state index contributed by atoms with van der Waals surface area (Å²) < 4.78 is 11.7. The maximum absolute atomic E-state index is 13.1. The molecule has 1 aliphatic carbocycles. The molecule has 0 amide bonds. The number of ether oxygens (including phenoxy) is 2. The first kappa shape index (κ1) is 24.8. The summed E-state index contributed by atoms with van der Waals surface area (Å²) in [5.74, 6) is 0.640. The molecule has 35 heavy (non-hydrogen) atoms. The molecule has 2 fully saturated rings. The van der Waals surface area contributed by atoms with E-state index in [1.807, 2.05) is 13.8 Å². The van der Waals surface area contributed by atoms with Gasteiger partial charge in [-0.15, -0.1) is 0 Å². The van der Waals surface area contributed by atoms with E-state index in [1.54, 1.807) is 0 Å². The van der Waals surface area contributed by atoms with Crippen LogP contribution in [0.4, 0.5) is 0 Å². The van der Waals surface area contributed by atoms with Crippen LogP contribution in [-0.2, 0) is 25.5 Å². The summed E-state index contributed by atoms with van der Waals surface area (Å²) in [5.41, 5.74) is 3.50. The Kier molecular flexibility index (Phi) is 7.03. The van der Waals surface area contributed by atoms with Gasteiger partial charge in [-0.2, -0.15) is 12.6 Å². The van der Waals surface area contributed by atoms with Crippen LogP contribution in [0.25, 0.3) is 10.9 Å². The Hall–Kier alpha value is -1.83. The molecule has 7 heteroatoms. The highest BCUT2D eigenvalue weighted by atomic mass is 32.1. The topological polar surface area (TPSA) is 71.6 Å². The van der Waals surface area contributed by atoms with Gasteiger partial charge in [-0.1, -0.05) is 32.0 Å². The van der Waals surface area contributed by atoms with E-state index in [0.717, 1.165) is 38.8 Å². The summed E-state index contributed by atoms with van der Waals surface area (Å²) >= 11 is 4.15. The van der Waals surface area contributed by atoms with Crippen molar-refractivity contribution in [1.29, 1.82) is 0 Å². The third-order valence-corrected chi connectivity index (χ3v) is 9.24. The van der Waals surface area contributed by atoms with Crippen molar-refractivity contribution in [3.63, 3.8) is 0 Å². The van der Waals surface area contributed by atoms with Crippen LogP contribution in [0.1, 0.15) is 56.8 Å². The maximum atomic E-state index is 13.1. The fraction of sp³-hybridized carbons (Fsp3) is 0.643. The highest BCUT2D eigenvalue weighted by Gasteiger charge is 2.50. The highest BCUT2D eigenvalue weighted by Crippen LogP contribution is 2.50. The zero-order chi connectivity index (χ0) is 24.7. The Labute approximate surface area is 213 Å². The summed E-state index contributed by atoms with van der Waals surface area (Å²) in [6.07, 6.45) is 4.39. The number of nitrogens with one attached hydrogen (secondary N) is 1. The van der Waals surface area contributed by atoms with Crippen molar-refractivity contribution in [1.82, 2.24) is 9.88 Å². The number of piperidine rings is 1. The summed E-state index contributed by atoms with van der Waals surface area (Å²) in [4.78, 5) is 31.7. The first-order valence-electron chi connectivity index (χ1n) is 13.0. The predicted octanol–water partition coefficient (Wildman–Crippen LogP) is 4.59. The van der Waals surface area contributed by atoms with Crippen LogP contribution in [0.5, 0.6) is 0 Å². The second-order valence-corrected chi connectivity index (χ2v) is 11.6. The van der Waals surface area contributed by atoms with E-state index in [9.17, 15) is 9.59 Å². The van der Waals surface area contributed by atoms with E-state index in [4.69, 9.17) is 9.47 Å². The number of thiol groups is 1. The number of para-hydroxylation sites is 1. The number of carbonyl (C=O) groups excluding carboxylic acids is 2. The molecule has 1 N–H and O–H groups in total. The van der Waals surface area contributed by atoms with Gasteiger partial charge in [0.25, 0.3) is 0 Å². The monoisotopic (exact) mass is 498 g/mol. The van der Waals surface area contributed by atoms with E-state index >= 15 is 0 Å². The molecule has 0 spiro atoms. The summed E-state index contributed by atoms with van der Waals surface area (Å²) in [7, 11) is 1.49. The van der Waals surface area contributed by atoms with Crippen molar-refractivity contribution in [3.8, 4) is 0 Å². The van der Waals surface area contributed by atoms with E-state index in [2.05, 4.69) is 46.8 Å². The lowest BCUT2D eigenvalue weighted by Crippen LogP contribution is -2.53. The van der Waals surface area contributed by atoms with Gasteiger partial charge in [-0.05, 0) is 55.6 Å². The first-order chi connectivity index (χ1) is 16.8. The quantitative estimate of drug-likeness (QED) is 0.432. The van der Waals surface area contributed by atoms with E-state index in [1.165, 1.54) is 29.3 Å². The van der Waals surface area contributed by atoms with Crippen LogP contribution in [-0.4, -0.2) is 60.3 Å². The normalized spacial score (nSPS) is 28.7. The molecule has 3 heterocycles. The van der Waals surface area contributed by atoms with Gasteiger partial charge >= 0.3 is 5.97 Å². The average Bonchev–Trinajstić information content (AvgIpc) is 3.25.